The highest BCUT2D eigenvalue weighted by atomic mass is 17.2. The molecule has 0 radical (unpaired) electrons. The Hall–Kier alpha value is -4.92. The number of aryl methyl sites for hydroxylation is 2. The van der Waals surface area contributed by atoms with Gasteiger partial charge in [-0.3, -0.25) is 0 Å². The highest BCUT2D eigenvalue weighted by Gasteiger charge is 2.51. The fourth-order valence-electron chi connectivity index (χ4n) is 8.90. The van der Waals surface area contributed by atoms with Crippen molar-refractivity contribution in [2.45, 2.75) is 87.9 Å². The second kappa shape index (κ2) is 19.0. The monoisotopic (exact) mass is 766 g/mol. The van der Waals surface area contributed by atoms with E-state index in [0.29, 0.717) is 25.6 Å². The Morgan fingerprint density at radius 1 is 0.649 bits per heavy atom. The quantitative estimate of drug-likeness (QED) is 0.0381. The Morgan fingerprint density at radius 3 is 2.12 bits per heavy atom. The van der Waals surface area contributed by atoms with Crippen LogP contribution in [0, 0.1) is 0 Å². The van der Waals surface area contributed by atoms with E-state index < -0.39 is 11.7 Å². The van der Waals surface area contributed by atoms with Gasteiger partial charge < -0.3 is 19.1 Å². The molecule has 2 unspecified atom stereocenters. The van der Waals surface area contributed by atoms with E-state index in [4.69, 9.17) is 33.8 Å². The number of hydrogen-bond donors (Lipinski definition) is 0. The van der Waals surface area contributed by atoms with Crippen molar-refractivity contribution in [1.82, 2.24) is 0 Å². The standard InChI is InChI=1S/C50H54O7/c1-2-33-52-53-35-16-4-3-15-34-51-41-27-29-42(30-28-41)57-54-36-50(39-19-7-5-8-20-39,40-21-9-6-10-22-40)49-55-45-31-25-37-17-11-13-23-43(37)47(45)48-44-24-14-12-18-38(44)26-32-46(48)56-49/h2,5-11,13,17,19-23,26-30,32,45,47,49H,1,3-4,12,14-16,18,24-25,31,33-36H2/t45?,47-,49?/m0/s1. The van der Waals surface area contributed by atoms with Crippen molar-refractivity contribution in [2.75, 3.05) is 26.4 Å². The van der Waals surface area contributed by atoms with Crippen LogP contribution in [0.4, 0.5) is 0 Å². The molecule has 8 rings (SSSR count). The van der Waals surface area contributed by atoms with E-state index >= 15 is 0 Å². The summed E-state index contributed by atoms with van der Waals surface area (Å²) in [6.07, 6.45) is 11.3. The molecule has 0 fully saturated rings. The fourth-order valence-corrected chi connectivity index (χ4v) is 8.90. The molecule has 1 heterocycles. The van der Waals surface area contributed by atoms with Gasteiger partial charge in [-0.1, -0.05) is 103 Å². The molecule has 0 N–H and O–H groups in total. The zero-order chi connectivity index (χ0) is 38.7. The van der Waals surface area contributed by atoms with Crippen molar-refractivity contribution in [2.24, 2.45) is 0 Å². The zero-order valence-corrected chi connectivity index (χ0v) is 32.8. The van der Waals surface area contributed by atoms with E-state index in [2.05, 4.69) is 91.5 Å². The predicted molar refractivity (Wildman–Crippen MR) is 222 cm³/mol. The minimum atomic E-state index is -0.894. The molecule has 7 nitrogen and oxygen atoms in total. The van der Waals surface area contributed by atoms with Crippen LogP contribution in [0.2, 0.25) is 0 Å². The molecule has 0 saturated heterocycles. The molecule has 3 atom stereocenters. The first-order valence-electron chi connectivity index (χ1n) is 20.8. The average molecular weight is 767 g/mol. The van der Waals surface area contributed by atoms with E-state index in [9.17, 15) is 0 Å². The Balaban J connectivity index is 1.04. The number of fused-ring (bicyclic) bond motifs is 7. The zero-order valence-electron chi connectivity index (χ0n) is 32.8. The van der Waals surface area contributed by atoms with Crippen molar-refractivity contribution in [3.05, 3.63) is 173 Å². The minimum Gasteiger partial charge on any atom is -0.494 e. The summed E-state index contributed by atoms with van der Waals surface area (Å²) >= 11 is 0. The second-order valence-electron chi connectivity index (χ2n) is 15.3. The van der Waals surface area contributed by atoms with Crippen LogP contribution in [-0.2, 0) is 44.1 Å². The summed E-state index contributed by atoms with van der Waals surface area (Å²) in [5.74, 6) is 2.35. The molecule has 0 spiro atoms. The number of rotatable bonds is 18. The maximum atomic E-state index is 7.44. The van der Waals surface area contributed by atoms with Gasteiger partial charge in [-0.2, -0.15) is 4.89 Å². The molecule has 5 aromatic carbocycles. The van der Waals surface area contributed by atoms with Crippen molar-refractivity contribution in [1.29, 1.82) is 0 Å². The maximum absolute atomic E-state index is 7.44. The number of ether oxygens (including phenoxy) is 3. The van der Waals surface area contributed by atoms with Crippen LogP contribution in [0.5, 0.6) is 17.2 Å². The smallest absolute Gasteiger partial charge is 0.216 e. The first kappa shape index (κ1) is 38.9. The normalized spacial score (nSPS) is 18.5. The lowest BCUT2D eigenvalue weighted by Crippen LogP contribution is -2.51. The van der Waals surface area contributed by atoms with Crippen molar-refractivity contribution in [3.63, 3.8) is 0 Å². The molecule has 5 aromatic rings. The number of benzene rings is 5. The molecule has 3 aliphatic rings. The summed E-state index contributed by atoms with van der Waals surface area (Å²) in [6, 6.07) is 42.0. The van der Waals surface area contributed by atoms with Crippen LogP contribution in [-0.4, -0.2) is 38.8 Å². The Bertz CT molecular complexity index is 1990. The molecular weight excluding hydrogens is 713 g/mol. The first-order valence-corrected chi connectivity index (χ1v) is 20.8. The van der Waals surface area contributed by atoms with Gasteiger partial charge in [0, 0.05) is 11.5 Å². The third kappa shape index (κ3) is 8.82. The fraction of sp³-hybridized carbons (Fsp3) is 0.360. The topological polar surface area (TPSA) is 64.6 Å². The van der Waals surface area contributed by atoms with Gasteiger partial charge >= 0.3 is 0 Å². The van der Waals surface area contributed by atoms with Crippen LogP contribution in [0.25, 0.3) is 0 Å². The average Bonchev–Trinajstić information content (AvgIpc) is 3.45. The van der Waals surface area contributed by atoms with Crippen molar-refractivity contribution >= 4 is 0 Å². The summed E-state index contributed by atoms with van der Waals surface area (Å²) in [4.78, 5) is 22.5. The molecule has 296 valence electrons. The lowest BCUT2D eigenvalue weighted by molar-refractivity contribution is -0.286. The van der Waals surface area contributed by atoms with Gasteiger partial charge in [0.1, 0.15) is 30.1 Å². The molecule has 0 aromatic heterocycles. The van der Waals surface area contributed by atoms with Gasteiger partial charge in [-0.15, -0.1) is 6.58 Å². The lowest BCUT2D eigenvalue weighted by Gasteiger charge is -2.41. The molecule has 1 aliphatic heterocycles. The summed E-state index contributed by atoms with van der Waals surface area (Å²) in [5, 5.41) is 0. The molecule has 0 bridgehead atoms. The van der Waals surface area contributed by atoms with E-state index in [-0.39, 0.29) is 18.6 Å². The van der Waals surface area contributed by atoms with Gasteiger partial charge in [0.25, 0.3) is 0 Å². The Labute approximate surface area is 337 Å². The first-order chi connectivity index (χ1) is 28.2. The van der Waals surface area contributed by atoms with E-state index in [1.54, 1.807) is 6.08 Å². The third-order valence-electron chi connectivity index (χ3n) is 11.7. The molecule has 57 heavy (non-hydrogen) atoms. The van der Waals surface area contributed by atoms with Crippen LogP contribution in [0.3, 0.4) is 0 Å². The van der Waals surface area contributed by atoms with Crippen LogP contribution >= 0.6 is 0 Å². The second-order valence-corrected chi connectivity index (χ2v) is 15.3. The molecule has 0 saturated carbocycles. The van der Waals surface area contributed by atoms with Crippen molar-refractivity contribution in [3.8, 4) is 17.2 Å². The predicted octanol–water partition coefficient (Wildman–Crippen LogP) is 10.8. The third-order valence-corrected chi connectivity index (χ3v) is 11.7. The highest BCUT2D eigenvalue weighted by Crippen LogP contribution is 2.51. The van der Waals surface area contributed by atoms with E-state index in [1.165, 1.54) is 40.7 Å². The van der Waals surface area contributed by atoms with Gasteiger partial charge in [0.05, 0.1) is 19.3 Å². The SMILES string of the molecule is C=CCOOCCCCCCOc1ccc(OOCC(c2ccccc2)(c2ccccc2)C2Oc3ccc4c(c3[C@H]3c5ccccc5CCC3O2)CCCC4)cc1. The Morgan fingerprint density at radius 2 is 1.35 bits per heavy atom. The number of hydrogen-bond acceptors (Lipinski definition) is 7. The maximum Gasteiger partial charge on any atom is 0.216 e. The van der Waals surface area contributed by atoms with E-state index in [0.717, 1.165) is 74.0 Å². The van der Waals surface area contributed by atoms with E-state index in [1.807, 2.05) is 36.4 Å². The molecule has 7 heteroatoms. The minimum absolute atomic E-state index is 0.0762. The number of unbranched alkanes of at least 4 members (excludes halogenated alkanes) is 3. The van der Waals surface area contributed by atoms with Crippen LogP contribution in [0.1, 0.15) is 89.8 Å². The molecular formula is C50H54O7. The molecule has 0 amide bonds. The summed E-state index contributed by atoms with van der Waals surface area (Å²) < 4.78 is 20.8. The Kier molecular flexibility index (Phi) is 13.0. The highest BCUT2D eigenvalue weighted by molar-refractivity contribution is 5.55. The van der Waals surface area contributed by atoms with Crippen LogP contribution in [0.15, 0.2) is 134 Å². The van der Waals surface area contributed by atoms with Gasteiger partial charge in [0.15, 0.2) is 5.75 Å². The van der Waals surface area contributed by atoms with Gasteiger partial charge in [0.2, 0.25) is 6.29 Å². The van der Waals surface area contributed by atoms with Crippen LogP contribution < -0.4 is 14.4 Å². The van der Waals surface area contributed by atoms with Gasteiger partial charge in [-0.05, 0) is 121 Å². The molecule has 2 aliphatic carbocycles. The van der Waals surface area contributed by atoms with Gasteiger partial charge in [-0.25, -0.2) is 9.78 Å². The largest absolute Gasteiger partial charge is 0.494 e. The lowest BCUT2D eigenvalue weighted by atomic mass is 9.72. The summed E-state index contributed by atoms with van der Waals surface area (Å²) in [6.45, 7) is 5.38. The summed E-state index contributed by atoms with van der Waals surface area (Å²) in [7, 11) is 0. The summed E-state index contributed by atoms with van der Waals surface area (Å²) in [5.41, 5.74) is 8.11. The van der Waals surface area contributed by atoms with Crippen molar-refractivity contribution < 1.29 is 33.8 Å².